The molecule has 0 aliphatic carbocycles. The van der Waals surface area contributed by atoms with E-state index >= 15 is 0 Å². The number of carbonyl (C=O) groups excluding carboxylic acids is 2. The lowest BCUT2D eigenvalue weighted by Crippen LogP contribution is -2.38. The minimum absolute atomic E-state index is 0.0426. The Hall–Kier alpha value is -2.89. The zero-order chi connectivity index (χ0) is 17.8. The first-order valence-electron chi connectivity index (χ1n) is 8.26. The first kappa shape index (κ1) is 17.0. The van der Waals surface area contributed by atoms with Crippen molar-refractivity contribution in [2.24, 2.45) is 0 Å². The van der Waals surface area contributed by atoms with Crippen LogP contribution in [-0.4, -0.2) is 36.1 Å². The van der Waals surface area contributed by atoms with Crippen molar-refractivity contribution in [3.05, 3.63) is 53.7 Å². The number of esters is 1. The van der Waals surface area contributed by atoms with E-state index in [0.717, 1.165) is 17.7 Å². The van der Waals surface area contributed by atoms with Gasteiger partial charge < -0.3 is 14.4 Å². The molecule has 1 aliphatic heterocycles. The van der Waals surface area contributed by atoms with Crippen LogP contribution in [0.5, 0.6) is 5.88 Å². The van der Waals surface area contributed by atoms with E-state index in [9.17, 15) is 9.59 Å². The topological polar surface area (TPSA) is 68.7 Å². The minimum atomic E-state index is -0.620. The van der Waals surface area contributed by atoms with Gasteiger partial charge in [0.25, 0.3) is 5.91 Å². The number of aromatic nitrogens is 1. The minimum Gasteiger partial charge on any atom is -0.477 e. The van der Waals surface area contributed by atoms with E-state index < -0.39 is 5.97 Å². The Labute approximate surface area is 146 Å². The normalized spacial score (nSPS) is 15.6. The van der Waals surface area contributed by atoms with Crippen molar-refractivity contribution in [3.8, 4) is 5.88 Å². The van der Waals surface area contributed by atoms with Gasteiger partial charge in [-0.15, -0.1) is 0 Å². The number of hydrogen-bond acceptors (Lipinski definition) is 5. The number of anilines is 1. The average molecular weight is 340 g/mol. The highest BCUT2D eigenvalue weighted by molar-refractivity contribution is 5.99. The van der Waals surface area contributed by atoms with Crippen LogP contribution in [0, 0.1) is 0 Å². The molecule has 0 saturated heterocycles. The summed E-state index contributed by atoms with van der Waals surface area (Å²) in [5, 5.41) is 0. The molecule has 2 heterocycles. The number of rotatable bonds is 5. The van der Waals surface area contributed by atoms with Crippen molar-refractivity contribution in [1.29, 1.82) is 0 Å². The van der Waals surface area contributed by atoms with Crippen LogP contribution in [0.1, 0.15) is 29.8 Å². The number of fused-ring (bicyclic) bond motifs is 1. The summed E-state index contributed by atoms with van der Waals surface area (Å²) >= 11 is 0. The van der Waals surface area contributed by atoms with Crippen LogP contribution in [0.15, 0.2) is 42.6 Å². The van der Waals surface area contributed by atoms with E-state index in [1.165, 1.54) is 6.20 Å². The van der Waals surface area contributed by atoms with Crippen LogP contribution in [0.2, 0.25) is 0 Å². The van der Waals surface area contributed by atoms with Crippen LogP contribution in [-0.2, 0) is 16.0 Å². The highest BCUT2D eigenvalue weighted by atomic mass is 16.5. The lowest BCUT2D eigenvalue weighted by atomic mass is 10.1. The summed E-state index contributed by atoms with van der Waals surface area (Å²) < 4.78 is 10.5. The van der Waals surface area contributed by atoms with Gasteiger partial charge in [0.05, 0.1) is 6.61 Å². The molecule has 0 unspecified atom stereocenters. The second-order valence-electron chi connectivity index (χ2n) is 5.81. The largest absolute Gasteiger partial charge is 0.477 e. The Morgan fingerprint density at radius 2 is 2.04 bits per heavy atom. The number of para-hydroxylation sites is 1. The predicted molar refractivity (Wildman–Crippen MR) is 92.8 cm³/mol. The van der Waals surface area contributed by atoms with Crippen LogP contribution in [0.4, 0.5) is 5.69 Å². The number of nitrogens with zero attached hydrogens (tertiary/aromatic N) is 2. The molecule has 3 rings (SSSR count). The molecule has 130 valence electrons. The summed E-state index contributed by atoms with van der Waals surface area (Å²) in [6.45, 7) is 3.85. The van der Waals surface area contributed by atoms with Crippen molar-refractivity contribution in [2.45, 2.75) is 26.3 Å². The molecule has 0 fully saturated rings. The van der Waals surface area contributed by atoms with E-state index in [0.29, 0.717) is 6.61 Å². The van der Waals surface area contributed by atoms with E-state index in [4.69, 9.17) is 9.47 Å². The molecule has 1 aliphatic rings. The first-order chi connectivity index (χ1) is 12.1. The second-order valence-corrected chi connectivity index (χ2v) is 5.81. The summed E-state index contributed by atoms with van der Waals surface area (Å²) in [5.74, 6) is -0.653. The van der Waals surface area contributed by atoms with Gasteiger partial charge in [-0.05, 0) is 44.0 Å². The Kier molecular flexibility index (Phi) is 4.97. The standard InChI is InChI=1S/C19H20N2O4/c1-3-24-18-15(8-6-10-20-18)19(23)25-12-17(22)21-13(2)11-14-7-4-5-9-16(14)21/h4-10,13H,3,11-12H2,1-2H3/t13-/m0/s1. The lowest BCUT2D eigenvalue weighted by Gasteiger charge is -2.22. The molecule has 6 nitrogen and oxygen atoms in total. The molecule has 6 heteroatoms. The highest BCUT2D eigenvalue weighted by Crippen LogP contribution is 2.31. The summed E-state index contributed by atoms with van der Waals surface area (Å²) in [5.41, 5.74) is 2.22. The van der Waals surface area contributed by atoms with Gasteiger partial charge in [0.2, 0.25) is 5.88 Å². The molecule has 1 amide bonds. The van der Waals surface area contributed by atoms with Gasteiger partial charge in [-0.1, -0.05) is 18.2 Å². The maximum absolute atomic E-state index is 12.6. The summed E-state index contributed by atoms with van der Waals surface area (Å²) in [7, 11) is 0. The van der Waals surface area contributed by atoms with E-state index in [2.05, 4.69) is 4.98 Å². The van der Waals surface area contributed by atoms with Crippen molar-refractivity contribution in [2.75, 3.05) is 18.1 Å². The highest BCUT2D eigenvalue weighted by Gasteiger charge is 2.31. The summed E-state index contributed by atoms with van der Waals surface area (Å²) in [4.78, 5) is 30.5. The zero-order valence-corrected chi connectivity index (χ0v) is 14.3. The third-order valence-electron chi connectivity index (χ3n) is 4.07. The molecule has 1 atom stereocenters. The van der Waals surface area contributed by atoms with Crippen molar-refractivity contribution < 1.29 is 19.1 Å². The molecule has 1 aromatic carbocycles. The number of benzene rings is 1. The predicted octanol–water partition coefficient (Wildman–Crippen LogP) is 2.61. The van der Waals surface area contributed by atoms with Crippen LogP contribution in [0.3, 0.4) is 0 Å². The number of ether oxygens (including phenoxy) is 2. The van der Waals surface area contributed by atoms with Gasteiger partial charge in [0.1, 0.15) is 5.56 Å². The van der Waals surface area contributed by atoms with Gasteiger partial charge >= 0.3 is 5.97 Å². The SMILES string of the molecule is CCOc1ncccc1C(=O)OCC(=O)N1c2ccccc2C[C@@H]1C. The summed E-state index contributed by atoms with van der Waals surface area (Å²) in [6, 6.07) is 11.0. The second kappa shape index (κ2) is 7.34. The lowest BCUT2D eigenvalue weighted by molar-refractivity contribution is -0.122. The van der Waals surface area contributed by atoms with Crippen molar-refractivity contribution >= 4 is 17.6 Å². The Balaban J connectivity index is 1.68. The van der Waals surface area contributed by atoms with Crippen molar-refractivity contribution in [3.63, 3.8) is 0 Å². The molecule has 0 saturated carbocycles. The molecule has 0 bridgehead atoms. The zero-order valence-electron chi connectivity index (χ0n) is 14.3. The molecule has 0 radical (unpaired) electrons. The van der Waals surface area contributed by atoms with E-state index in [1.807, 2.05) is 31.2 Å². The average Bonchev–Trinajstić information content (AvgIpc) is 2.96. The maximum Gasteiger partial charge on any atom is 0.344 e. The van der Waals surface area contributed by atoms with Gasteiger partial charge in [0.15, 0.2) is 6.61 Å². The van der Waals surface area contributed by atoms with Gasteiger partial charge in [-0.25, -0.2) is 9.78 Å². The quantitative estimate of drug-likeness (QED) is 0.783. The maximum atomic E-state index is 12.6. The molecule has 0 N–H and O–H groups in total. The number of carbonyl (C=O) groups is 2. The molecular weight excluding hydrogens is 320 g/mol. The first-order valence-corrected chi connectivity index (χ1v) is 8.26. The molecular formula is C19H20N2O4. The number of hydrogen-bond donors (Lipinski definition) is 0. The Bertz CT molecular complexity index is 790. The number of pyridine rings is 1. The fraction of sp³-hybridized carbons (Fsp3) is 0.316. The van der Waals surface area contributed by atoms with Crippen LogP contribution < -0.4 is 9.64 Å². The van der Waals surface area contributed by atoms with E-state index in [-0.39, 0.29) is 30.0 Å². The number of amides is 1. The smallest absolute Gasteiger partial charge is 0.344 e. The summed E-state index contributed by atoms with van der Waals surface area (Å²) in [6.07, 6.45) is 2.34. The molecule has 25 heavy (non-hydrogen) atoms. The fourth-order valence-electron chi connectivity index (χ4n) is 3.02. The van der Waals surface area contributed by atoms with Crippen LogP contribution >= 0.6 is 0 Å². The fourth-order valence-corrected chi connectivity index (χ4v) is 3.02. The van der Waals surface area contributed by atoms with Gasteiger partial charge in [0, 0.05) is 17.9 Å². The third kappa shape index (κ3) is 3.47. The van der Waals surface area contributed by atoms with E-state index in [1.54, 1.807) is 24.0 Å². The van der Waals surface area contributed by atoms with Gasteiger partial charge in [-0.2, -0.15) is 0 Å². The molecule has 1 aromatic heterocycles. The van der Waals surface area contributed by atoms with Crippen molar-refractivity contribution in [1.82, 2.24) is 4.98 Å². The Morgan fingerprint density at radius 1 is 1.24 bits per heavy atom. The molecule has 2 aromatic rings. The Morgan fingerprint density at radius 3 is 2.84 bits per heavy atom. The molecule has 0 spiro atoms. The third-order valence-corrected chi connectivity index (χ3v) is 4.07. The van der Waals surface area contributed by atoms with Gasteiger partial charge in [-0.3, -0.25) is 4.79 Å². The van der Waals surface area contributed by atoms with Crippen LogP contribution in [0.25, 0.3) is 0 Å². The monoisotopic (exact) mass is 340 g/mol.